The normalized spacial score (nSPS) is 11.9. The molecule has 0 aliphatic carbocycles. The van der Waals surface area contributed by atoms with E-state index in [1.54, 1.807) is 0 Å². The summed E-state index contributed by atoms with van der Waals surface area (Å²) in [5.74, 6) is 0. The molecule has 0 heteroatoms. The van der Waals surface area contributed by atoms with E-state index in [2.05, 4.69) is 38.2 Å². The summed E-state index contributed by atoms with van der Waals surface area (Å²) in [5.41, 5.74) is 0. The van der Waals surface area contributed by atoms with Crippen molar-refractivity contribution < 1.29 is 0 Å². The van der Waals surface area contributed by atoms with Crippen molar-refractivity contribution in [3.8, 4) is 0 Å². The minimum atomic E-state index is 1.10. The Bertz CT molecular complexity index is 165. The molecule has 16 heavy (non-hydrogen) atoms. The Morgan fingerprint density at radius 3 is 2.00 bits per heavy atom. The van der Waals surface area contributed by atoms with Gasteiger partial charge in [-0.3, -0.25) is 0 Å². The number of rotatable bonds is 11. The molecule has 0 N–H and O–H groups in total. The molecule has 0 rings (SSSR count). The third kappa shape index (κ3) is 13.5. The maximum absolute atomic E-state index is 3.85. The Kier molecular flexibility index (Phi) is 14.0. The van der Waals surface area contributed by atoms with Crippen LogP contribution in [0.4, 0.5) is 0 Å². The lowest BCUT2D eigenvalue weighted by atomic mass is 10.1. The van der Waals surface area contributed by atoms with E-state index in [1.807, 2.05) is 0 Å². The van der Waals surface area contributed by atoms with E-state index in [0.717, 1.165) is 12.8 Å². The van der Waals surface area contributed by atoms with Gasteiger partial charge in [-0.1, -0.05) is 76.7 Å². The van der Waals surface area contributed by atoms with Gasteiger partial charge in [0.1, 0.15) is 0 Å². The van der Waals surface area contributed by atoms with Gasteiger partial charge in [-0.05, 0) is 25.7 Å². The summed E-state index contributed by atoms with van der Waals surface area (Å²) in [6, 6.07) is 0. The highest BCUT2D eigenvalue weighted by molar-refractivity contribution is 4.92. The zero-order chi connectivity index (χ0) is 11.9. The Hall–Kier alpha value is -0.520. The topological polar surface area (TPSA) is 0 Å². The van der Waals surface area contributed by atoms with Gasteiger partial charge in [0.25, 0.3) is 0 Å². The zero-order valence-corrected chi connectivity index (χ0v) is 11.1. The SMILES string of the molecule is [CH2]CCCCCC/C=C/C/C=C/CCCC. The van der Waals surface area contributed by atoms with Gasteiger partial charge in [-0.2, -0.15) is 0 Å². The quantitative estimate of drug-likeness (QED) is 0.303. The lowest BCUT2D eigenvalue weighted by Gasteiger charge is -1.95. The lowest BCUT2D eigenvalue weighted by Crippen LogP contribution is -1.75. The van der Waals surface area contributed by atoms with Crippen molar-refractivity contribution in [3.63, 3.8) is 0 Å². The lowest BCUT2D eigenvalue weighted by molar-refractivity contribution is 0.651. The van der Waals surface area contributed by atoms with Crippen molar-refractivity contribution in [2.24, 2.45) is 0 Å². The average molecular weight is 221 g/mol. The van der Waals surface area contributed by atoms with Crippen LogP contribution in [0.15, 0.2) is 24.3 Å². The molecule has 0 saturated heterocycles. The van der Waals surface area contributed by atoms with Gasteiger partial charge in [0.15, 0.2) is 0 Å². The molecule has 93 valence electrons. The molecular weight excluding hydrogens is 192 g/mol. The molecule has 0 heterocycles. The molecule has 1 radical (unpaired) electrons. The van der Waals surface area contributed by atoms with Crippen LogP contribution >= 0.6 is 0 Å². The Labute approximate surface area is 103 Å². The van der Waals surface area contributed by atoms with Gasteiger partial charge in [0.2, 0.25) is 0 Å². The van der Waals surface area contributed by atoms with Crippen LogP contribution in [0.25, 0.3) is 0 Å². The Balaban J connectivity index is 3.12. The monoisotopic (exact) mass is 221 g/mol. The third-order valence-electron chi connectivity index (χ3n) is 2.70. The molecular formula is C16H29. The van der Waals surface area contributed by atoms with Crippen molar-refractivity contribution in [1.29, 1.82) is 0 Å². The summed E-state index contributed by atoms with van der Waals surface area (Å²) >= 11 is 0. The summed E-state index contributed by atoms with van der Waals surface area (Å²) in [6.07, 6.45) is 21.9. The molecule has 0 bridgehead atoms. The summed E-state index contributed by atoms with van der Waals surface area (Å²) in [4.78, 5) is 0. The minimum absolute atomic E-state index is 1.10. The smallest absolute Gasteiger partial charge is 0.0169 e. The zero-order valence-electron chi connectivity index (χ0n) is 11.1. The fourth-order valence-corrected chi connectivity index (χ4v) is 1.62. The first-order chi connectivity index (χ1) is 7.91. The molecule has 0 fully saturated rings. The van der Waals surface area contributed by atoms with E-state index < -0.39 is 0 Å². The van der Waals surface area contributed by atoms with Crippen LogP contribution < -0.4 is 0 Å². The van der Waals surface area contributed by atoms with E-state index >= 15 is 0 Å². The van der Waals surface area contributed by atoms with Crippen LogP contribution in [-0.4, -0.2) is 0 Å². The van der Waals surface area contributed by atoms with Crippen LogP contribution in [0.5, 0.6) is 0 Å². The number of unbranched alkanes of at least 4 members (excludes halogenated alkanes) is 7. The first kappa shape index (κ1) is 15.5. The fraction of sp³-hybridized carbons (Fsp3) is 0.688. The summed E-state index contributed by atoms with van der Waals surface area (Å²) < 4.78 is 0. The maximum atomic E-state index is 3.85. The second-order valence-electron chi connectivity index (χ2n) is 4.38. The first-order valence-electron chi connectivity index (χ1n) is 7.01. The Morgan fingerprint density at radius 1 is 0.750 bits per heavy atom. The number of hydrogen-bond acceptors (Lipinski definition) is 0. The summed E-state index contributed by atoms with van der Waals surface area (Å²) in [5, 5.41) is 0. The molecule has 0 spiro atoms. The minimum Gasteiger partial charge on any atom is -0.0882 e. The van der Waals surface area contributed by atoms with Crippen molar-refractivity contribution in [1.82, 2.24) is 0 Å². The molecule has 0 aromatic rings. The maximum Gasteiger partial charge on any atom is -0.0169 e. The second-order valence-corrected chi connectivity index (χ2v) is 4.38. The highest BCUT2D eigenvalue weighted by atomic mass is 13.9. The van der Waals surface area contributed by atoms with Crippen LogP contribution in [0, 0.1) is 6.92 Å². The highest BCUT2D eigenvalue weighted by Gasteiger charge is 1.85. The third-order valence-corrected chi connectivity index (χ3v) is 2.70. The van der Waals surface area contributed by atoms with E-state index in [-0.39, 0.29) is 0 Å². The van der Waals surface area contributed by atoms with E-state index in [4.69, 9.17) is 0 Å². The van der Waals surface area contributed by atoms with Gasteiger partial charge in [0.05, 0.1) is 0 Å². The predicted octanol–water partition coefficient (Wildman–Crippen LogP) is 5.85. The second kappa shape index (κ2) is 14.5. The molecule has 0 saturated carbocycles. The first-order valence-corrected chi connectivity index (χ1v) is 7.01. The van der Waals surface area contributed by atoms with Crippen molar-refractivity contribution in [2.45, 2.75) is 71.1 Å². The van der Waals surface area contributed by atoms with Gasteiger partial charge in [-0.25, -0.2) is 0 Å². The van der Waals surface area contributed by atoms with Crippen LogP contribution in [-0.2, 0) is 0 Å². The average Bonchev–Trinajstić information content (AvgIpc) is 2.31. The van der Waals surface area contributed by atoms with Crippen molar-refractivity contribution in [2.75, 3.05) is 0 Å². The molecule has 0 unspecified atom stereocenters. The van der Waals surface area contributed by atoms with E-state index in [9.17, 15) is 0 Å². The summed E-state index contributed by atoms with van der Waals surface area (Å²) in [6.45, 7) is 6.09. The molecule has 0 aliphatic heterocycles. The molecule has 0 aliphatic rings. The highest BCUT2D eigenvalue weighted by Crippen LogP contribution is 2.05. The van der Waals surface area contributed by atoms with E-state index in [0.29, 0.717) is 0 Å². The van der Waals surface area contributed by atoms with Gasteiger partial charge in [0, 0.05) is 0 Å². The van der Waals surface area contributed by atoms with Crippen molar-refractivity contribution in [3.05, 3.63) is 31.2 Å². The molecule has 0 amide bonds. The number of allylic oxidation sites excluding steroid dienone is 4. The Morgan fingerprint density at radius 2 is 1.38 bits per heavy atom. The fourth-order valence-electron chi connectivity index (χ4n) is 1.62. The molecule has 0 atom stereocenters. The van der Waals surface area contributed by atoms with Crippen LogP contribution in [0.3, 0.4) is 0 Å². The predicted molar refractivity (Wildman–Crippen MR) is 75.5 cm³/mol. The van der Waals surface area contributed by atoms with Crippen molar-refractivity contribution >= 4 is 0 Å². The van der Waals surface area contributed by atoms with Crippen LogP contribution in [0.1, 0.15) is 71.1 Å². The van der Waals surface area contributed by atoms with Crippen LogP contribution in [0.2, 0.25) is 0 Å². The van der Waals surface area contributed by atoms with Gasteiger partial charge >= 0.3 is 0 Å². The van der Waals surface area contributed by atoms with E-state index in [1.165, 1.54) is 51.4 Å². The number of hydrogen-bond donors (Lipinski definition) is 0. The molecule has 0 aromatic carbocycles. The molecule has 0 nitrogen and oxygen atoms in total. The van der Waals surface area contributed by atoms with Gasteiger partial charge < -0.3 is 0 Å². The molecule has 0 aromatic heterocycles. The standard InChI is InChI=1S/C16H29/c1-3-5-7-9-11-13-15-16-14-12-10-8-6-4-2/h10,12,15-16H,1,3-9,11,13-14H2,2H3/b12-10+,16-15+. The largest absolute Gasteiger partial charge is 0.0882 e. The summed E-state index contributed by atoms with van der Waals surface area (Å²) in [7, 11) is 0. The van der Waals surface area contributed by atoms with Gasteiger partial charge in [-0.15, -0.1) is 0 Å².